The molecule has 2 nitrogen and oxygen atoms in total. The van der Waals surface area contributed by atoms with Gasteiger partial charge in [0, 0.05) is 11.3 Å². The smallest absolute Gasteiger partial charge is 0.275 e. The SMILES string of the molecule is O=C1N(c2ccccc2)C1(Cl)c1ccccc1. The lowest BCUT2D eigenvalue weighted by Gasteiger charge is -2.08. The maximum atomic E-state index is 11.9. The zero-order valence-electron chi connectivity index (χ0n) is 9.01. The van der Waals surface area contributed by atoms with E-state index in [2.05, 4.69) is 0 Å². The third-order valence-corrected chi connectivity index (χ3v) is 3.46. The Morgan fingerprint density at radius 1 is 0.882 bits per heavy atom. The predicted octanol–water partition coefficient (Wildman–Crippen LogP) is 3.13. The van der Waals surface area contributed by atoms with Gasteiger partial charge in [-0.05, 0) is 12.1 Å². The van der Waals surface area contributed by atoms with Crippen LogP contribution >= 0.6 is 11.6 Å². The van der Waals surface area contributed by atoms with Crippen molar-refractivity contribution in [1.82, 2.24) is 0 Å². The number of rotatable bonds is 2. The van der Waals surface area contributed by atoms with Gasteiger partial charge in [0.2, 0.25) is 5.00 Å². The molecule has 0 radical (unpaired) electrons. The first-order valence-electron chi connectivity index (χ1n) is 5.39. The van der Waals surface area contributed by atoms with Crippen molar-refractivity contribution >= 4 is 23.2 Å². The summed E-state index contributed by atoms with van der Waals surface area (Å²) in [6.07, 6.45) is 0. The number of carbonyl (C=O) groups is 1. The van der Waals surface area contributed by atoms with Gasteiger partial charge in [0.25, 0.3) is 5.91 Å². The molecule has 17 heavy (non-hydrogen) atoms. The zero-order chi connectivity index (χ0) is 11.9. The Labute approximate surface area is 104 Å². The van der Waals surface area contributed by atoms with E-state index < -0.39 is 5.00 Å². The highest BCUT2D eigenvalue weighted by Gasteiger charge is 2.63. The first kappa shape index (κ1) is 10.4. The van der Waals surface area contributed by atoms with Crippen LogP contribution in [0.1, 0.15) is 5.56 Å². The van der Waals surface area contributed by atoms with Crippen LogP contribution in [0, 0.1) is 0 Å². The van der Waals surface area contributed by atoms with Crippen LogP contribution in [0.25, 0.3) is 0 Å². The van der Waals surface area contributed by atoms with Gasteiger partial charge in [-0.3, -0.25) is 9.69 Å². The fourth-order valence-electron chi connectivity index (χ4n) is 1.99. The lowest BCUT2D eigenvalue weighted by molar-refractivity contribution is -0.110. The van der Waals surface area contributed by atoms with Crippen molar-refractivity contribution in [1.29, 1.82) is 0 Å². The van der Waals surface area contributed by atoms with Gasteiger partial charge < -0.3 is 0 Å². The summed E-state index contributed by atoms with van der Waals surface area (Å²) >= 11 is 6.40. The summed E-state index contributed by atoms with van der Waals surface area (Å²) in [7, 11) is 0. The van der Waals surface area contributed by atoms with Gasteiger partial charge >= 0.3 is 0 Å². The van der Waals surface area contributed by atoms with Crippen LogP contribution in [0.5, 0.6) is 0 Å². The molecule has 1 aliphatic rings. The minimum atomic E-state index is -1.01. The summed E-state index contributed by atoms with van der Waals surface area (Å²) in [6.45, 7) is 0. The maximum Gasteiger partial charge on any atom is 0.275 e. The van der Waals surface area contributed by atoms with Crippen molar-refractivity contribution in [3.8, 4) is 0 Å². The first-order valence-corrected chi connectivity index (χ1v) is 5.76. The lowest BCUT2D eigenvalue weighted by Crippen LogP contribution is -2.07. The molecule has 2 aromatic carbocycles. The molecule has 1 atom stereocenters. The Morgan fingerprint density at radius 3 is 2.00 bits per heavy atom. The fourth-order valence-corrected chi connectivity index (χ4v) is 2.34. The number of halogens is 1. The number of benzene rings is 2. The van der Waals surface area contributed by atoms with Crippen LogP contribution in [0.3, 0.4) is 0 Å². The fraction of sp³-hybridized carbons (Fsp3) is 0.0714. The average Bonchev–Trinajstić information content (AvgIpc) is 2.95. The minimum absolute atomic E-state index is 0.0726. The summed E-state index contributed by atoms with van der Waals surface area (Å²) in [5.41, 5.74) is 1.65. The third kappa shape index (κ3) is 1.45. The molecule has 0 spiro atoms. The molecule has 1 heterocycles. The van der Waals surface area contributed by atoms with Crippen molar-refractivity contribution in [2.75, 3.05) is 4.90 Å². The largest absolute Gasteiger partial charge is 0.277 e. The highest BCUT2D eigenvalue weighted by atomic mass is 35.5. The number of nitrogens with zero attached hydrogens (tertiary/aromatic N) is 1. The Balaban J connectivity index is 2.00. The number of hydrogen-bond acceptors (Lipinski definition) is 1. The van der Waals surface area contributed by atoms with Crippen molar-refractivity contribution in [3.05, 3.63) is 66.2 Å². The van der Waals surface area contributed by atoms with E-state index in [1.165, 1.54) is 0 Å². The molecule has 1 saturated heterocycles. The summed E-state index contributed by atoms with van der Waals surface area (Å²) in [4.78, 5) is 12.5. The molecule has 1 amide bonds. The number of amides is 1. The second-order valence-electron chi connectivity index (χ2n) is 3.96. The molecule has 84 valence electrons. The zero-order valence-corrected chi connectivity index (χ0v) is 9.76. The molecule has 0 aromatic heterocycles. The van der Waals surface area contributed by atoms with Crippen LogP contribution in [-0.4, -0.2) is 5.91 Å². The van der Waals surface area contributed by atoms with E-state index in [1.807, 2.05) is 60.7 Å². The van der Waals surface area contributed by atoms with Gasteiger partial charge in [-0.1, -0.05) is 60.1 Å². The van der Waals surface area contributed by atoms with Crippen LogP contribution in [0.15, 0.2) is 60.7 Å². The van der Waals surface area contributed by atoms with Crippen molar-refractivity contribution in [3.63, 3.8) is 0 Å². The van der Waals surface area contributed by atoms with Crippen LogP contribution in [0.4, 0.5) is 5.69 Å². The monoisotopic (exact) mass is 243 g/mol. The molecule has 0 saturated carbocycles. The molecule has 2 aromatic rings. The van der Waals surface area contributed by atoms with E-state index in [-0.39, 0.29) is 5.91 Å². The molecule has 0 aliphatic carbocycles. The van der Waals surface area contributed by atoms with Gasteiger partial charge in [-0.2, -0.15) is 0 Å². The number of carbonyl (C=O) groups excluding carboxylic acids is 1. The number of alkyl halides is 1. The number of anilines is 1. The maximum absolute atomic E-state index is 11.9. The molecule has 1 unspecified atom stereocenters. The summed E-state index contributed by atoms with van der Waals surface area (Å²) in [5.74, 6) is -0.0726. The van der Waals surface area contributed by atoms with E-state index >= 15 is 0 Å². The van der Waals surface area contributed by atoms with E-state index in [4.69, 9.17) is 11.6 Å². The van der Waals surface area contributed by atoms with E-state index in [0.717, 1.165) is 11.3 Å². The highest BCUT2D eigenvalue weighted by molar-refractivity contribution is 6.49. The molecule has 0 bridgehead atoms. The molecule has 1 fully saturated rings. The Hall–Kier alpha value is -1.80. The molecule has 3 heteroatoms. The Kier molecular flexibility index (Phi) is 2.20. The topological polar surface area (TPSA) is 20.1 Å². The van der Waals surface area contributed by atoms with Crippen molar-refractivity contribution in [2.24, 2.45) is 0 Å². The second-order valence-corrected chi connectivity index (χ2v) is 4.51. The Morgan fingerprint density at radius 2 is 1.41 bits per heavy atom. The molecule has 1 aliphatic heterocycles. The minimum Gasteiger partial charge on any atom is -0.277 e. The van der Waals surface area contributed by atoms with E-state index in [0.29, 0.717) is 0 Å². The summed E-state index contributed by atoms with van der Waals surface area (Å²) in [6, 6.07) is 18.9. The Bertz CT molecular complexity index is 555. The summed E-state index contributed by atoms with van der Waals surface area (Å²) in [5, 5.41) is 0. The van der Waals surface area contributed by atoms with Crippen LogP contribution in [-0.2, 0) is 9.79 Å². The third-order valence-electron chi connectivity index (χ3n) is 2.92. The van der Waals surface area contributed by atoms with Crippen LogP contribution in [0.2, 0.25) is 0 Å². The average molecular weight is 244 g/mol. The van der Waals surface area contributed by atoms with E-state index in [9.17, 15) is 4.79 Å². The van der Waals surface area contributed by atoms with Crippen molar-refractivity contribution < 1.29 is 4.79 Å². The number of para-hydroxylation sites is 1. The van der Waals surface area contributed by atoms with Crippen molar-refractivity contribution in [2.45, 2.75) is 5.00 Å². The van der Waals surface area contributed by atoms with Gasteiger partial charge in [-0.25, -0.2) is 0 Å². The van der Waals surface area contributed by atoms with Gasteiger partial charge in [0.15, 0.2) is 0 Å². The van der Waals surface area contributed by atoms with E-state index in [1.54, 1.807) is 4.90 Å². The standard InChI is InChI=1S/C14H10ClNO/c15-14(11-7-3-1-4-8-11)13(17)16(14)12-9-5-2-6-10-12/h1-10H. The lowest BCUT2D eigenvalue weighted by atomic mass is 10.1. The molecule has 0 N–H and O–H groups in total. The van der Waals surface area contributed by atoms with Gasteiger partial charge in [0.05, 0.1) is 0 Å². The molecular weight excluding hydrogens is 234 g/mol. The van der Waals surface area contributed by atoms with Gasteiger partial charge in [0.1, 0.15) is 0 Å². The first-order chi connectivity index (χ1) is 8.24. The van der Waals surface area contributed by atoms with Gasteiger partial charge in [-0.15, -0.1) is 0 Å². The second kappa shape index (κ2) is 3.60. The number of hydrogen-bond donors (Lipinski definition) is 0. The predicted molar refractivity (Wildman–Crippen MR) is 67.9 cm³/mol. The highest BCUT2D eigenvalue weighted by Crippen LogP contribution is 2.50. The normalized spacial score (nSPS) is 22.6. The molecular formula is C14H10ClNO. The quantitative estimate of drug-likeness (QED) is 0.451. The summed E-state index contributed by atoms with van der Waals surface area (Å²) < 4.78 is 0. The molecule has 3 rings (SSSR count). The van der Waals surface area contributed by atoms with Crippen LogP contribution < -0.4 is 4.90 Å².